The molecule has 0 saturated heterocycles. The average Bonchev–Trinajstić information content (AvgIpc) is 2.07. The molecule has 0 unspecified atom stereocenters. The van der Waals surface area contributed by atoms with E-state index in [0.29, 0.717) is 5.56 Å². The Labute approximate surface area is 69.0 Å². The van der Waals surface area contributed by atoms with Gasteiger partial charge in [-0.25, -0.2) is 0 Å². The fraction of sp³-hybridized carbons (Fsp3) is 0.125. The molecule has 0 atom stereocenters. The van der Waals surface area contributed by atoms with E-state index in [-0.39, 0.29) is 12.3 Å². The molecule has 0 aliphatic heterocycles. The number of H-pyrrole nitrogens is 1. The Morgan fingerprint density at radius 1 is 1.67 bits per heavy atom. The maximum Gasteiger partial charge on any atom is 0.290 e. The minimum atomic E-state index is -0.520. The van der Waals surface area contributed by atoms with Crippen molar-refractivity contribution in [2.45, 2.75) is 0 Å². The molecule has 4 heteroatoms. The third-order valence-corrected chi connectivity index (χ3v) is 1.22. The Balaban J connectivity index is 3.05. The summed E-state index contributed by atoms with van der Waals surface area (Å²) in [7, 11) is 0. The molecular formula is C8H8N2O2. The van der Waals surface area contributed by atoms with Crippen LogP contribution >= 0.6 is 0 Å². The van der Waals surface area contributed by atoms with Gasteiger partial charge in [0.1, 0.15) is 0 Å². The first kappa shape index (κ1) is 8.37. The zero-order valence-corrected chi connectivity index (χ0v) is 6.29. The molecule has 0 bridgehead atoms. The number of nitrogens with two attached hydrogens (primary N) is 1. The van der Waals surface area contributed by atoms with Crippen LogP contribution in [-0.2, 0) is 0 Å². The predicted molar refractivity (Wildman–Crippen MR) is 44.7 cm³/mol. The number of rotatable bonds is 0. The summed E-state index contributed by atoms with van der Waals surface area (Å²) < 4.78 is 0. The normalized spacial score (nSPS) is 8.75. The van der Waals surface area contributed by atoms with E-state index in [1.807, 2.05) is 0 Å². The van der Waals surface area contributed by atoms with Crippen molar-refractivity contribution in [3.8, 4) is 17.6 Å². The molecular weight excluding hydrogens is 156 g/mol. The number of aromatic amines is 1. The lowest BCUT2D eigenvalue weighted by Crippen LogP contribution is -2.03. The molecule has 0 aliphatic carbocycles. The third kappa shape index (κ3) is 1.87. The van der Waals surface area contributed by atoms with Crippen molar-refractivity contribution < 1.29 is 5.11 Å². The van der Waals surface area contributed by atoms with Crippen LogP contribution in [0.2, 0.25) is 0 Å². The van der Waals surface area contributed by atoms with E-state index in [1.54, 1.807) is 0 Å². The van der Waals surface area contributed by atoms with Crippen molar-refractivity contribution in [3.63, 3.8) is 0 Å². The summed E-state index contributed by atoms with van der Waals surface area (Å²) in [5.41, 5.74) is 5.16. The molecule has 0 fully saturated rings. The van der Waals surface area contributed by atoms with Gasteiger partial charge in [0.15, 0.2) is 5.75 Å². The second-order valence-corrected chi connectivity index (χ2v) is 2.11. The standard InChI is InChI=1S/C8H8N2O2/c9-3-1-2-6-4-7(11)8(12)10-5-6/h4-5,11H,3,9H2,(H,10,12). The van der Waals surface area contributed by atoms with Crippen molar-refractivity contribution in [1.82, 2.24) is 4.98 Å². The molecule has 62 valence electrons. The van der Waals surface area contributed by atoms with Crippen LogP contribution in [0.5, 0.6) is 5.75 Å². The van der Waals surface area contributed by atoms with Crippen molar-refractivity contribution in [1.29, 1.82) is 0 Å². The molecule has 0 radical (unpaired) electrons. The number of hydrogen-bond donors (Lipinski definition) is 3. The van der Waals surface area contributed by atoms with Gasteiger partial charge in [0.2, 0.25) is 0 Å². The number of hydrogen-bond acceptors (Lipinski definition) is 3. The zero-order chi connectivity index (χ0) is 8.97. The van der Waals surface area contributed by atoms with Crippen molar-refractivity contribution in [3.05, 3.63) is 28.2 Å². The van der Waals surface area contributed by atoms with E-state index in [9.17, 15) is 4.79 Å². The summed E-state index contributed by atoms with van der Waals surface area (Å²) >= 11 is 0. The fourth-order valence-electron chi connectivity index (χ4n) is 0.697. The number of aromatic nitrogens is 1. The molecule has 0 spiro atoms. The first-order chi connectivity index (χ1) is 5.74. The molecule has 0 aromatic carbocycles. The van der Waals surface area contributed by atoms with Gasteiger partial charge in [-0.15, -0.1) is 0 Å². The van der Waals surface area contributed by atoms with Crippen LogP contribution in [0.1, 0.15) is 5.56 Å². The quantitative estimate of drug-likeness (QED) is 0.447. The minimum Gasteiger partial charge on any atom is -0.503 e. The topological polar surface area (TPSA) is 79.1 Å². The smallest absolute Gasteiger partial charge is 0.290 e. The van der Waals surface area contributed by atoms with E-state index < -0.39 is 5.56 Å². The summed E-state index contributed by atoms with van der Waals surface area (Å²) in [4.78, 5) is 13.0. The highest BCUT2D eigenvalue weighted by atomic mass is 16.3. The lowest BCUT2D eigenvalue weighted by Gasteiger charge is -1.90. The number of pyridine rings is 1. The van der Waals surface area contributed by atoms with Crippen LogP contribution < -0.4 is 11.3 Å². The SMILES string of the molecule is NCC#Cc1c[nH]c(=O)c(O)c1. The minimum absolute atomic E-state index is 0.250. The van der Waals surface area contributed by atoms with Gasteiger partial charge in [-0.05, 0) is 0 Å². The Hall–Kier alpha value is -1.73. The van der Waals surface area contributed by atoms with Crippen LogP contribution in [0.15, 0.2) is 17.1 Å². The van der Waals surface area contributed by atoms with E-state index in [0.717, 1.165) is 0 Å². The second-order valence-electron chi connectivity index (χ2n) is 2.11. The van der Waals surface area contributed by atoms with Gasteiger partial charge in [-0.2, -0.15) is 0 Å². The van der Waals surface area contributed by atoms with Crippen molar-refractivity contribution in [2.75, 3.05) is 6.54 Å². The van der Waals surface area contributed by atoms with Gasteiger partial charge >= 0.3 is 0 Å². The lowest BCUT2D eigenvalue weighted by molar-refractivity contribution is 0.466. The van der Waals surface area contributed by atoms with Crippen LogP contribution in [0.4, 0.5) is 0 Å². The largest absolute Gasteiger partial charge is 0.503 e. The zero-order valence-electron chi connectivity index (χ0n) is 6.29. The summed E-state index contributed by atoms with van der Waals surface area (Å²) in [6, 6.07) is 1.29. The maximum atomic E-state index is 10.7. The molecule has 0 amide bonds. The van der Waals surface area contributed by atoms with Crippen molar-refractivity contribution >= 4 is 0 Å². The van der Waals surface area contributed by atoms with E-state index >= 15 is 0 Å². The van der Waals surface area contributed by atoms with E-state index in [2.05, 4.69) is 16.8 Å². The molecule has 4 nitrogen and oxygen atoms in total. The van der Waals surface area contributed by atoms with E-state index in [1.165, 1.54) is 12.3 Å². The Morgan fingerprint density at radius 3 is 3.00 bits per heavy atom. The summed E-state index contributed by atoms with van der Waals surface area (Å²) in [5.74, 6) is 4.93. The maximum absolute atomic E-state index is 10.7. The Kier molecular flexibility index (Phi) is 2.51. The molecule has 4 N–H and O–H groups in total. The number of nitrogens with one attached hydrogen (secondary N) is 1. The predicted octanol–water partition coefficient (Wildman–Crippen LogP) is -0.609. The monoisotopic (exact) mass is 164 g/mol. The van der Waals surface area contributed by atoms with E-state index in [4.69, 9.17) is 10.8 Å². The first-order valence-corrected chi connectivity index (χ1v) is 3.34. The second kappa shape index (κ2) is 3.60. The van der Waals surface area contributed by atoms with Gasteiger partial charge in [-0.3, -0.25) is 4.79 Å². The lowest BCUT2D eigenvalue weighted by atomic mass is 10.3. The fourth-order valence-corrected chi connectivity index (χ4v) is 0.697. The highest BCUT2D eigenvalue weighted by molar-refractivity contribution is 5.36. The van der Waals surface area contributed by atoms with Crippen LogP contribution in [-0.4, -0.2) is 16.6 Å². The number of aromatic hydroxyl groups is 1. The summed E-state index contributed by atoms with van der Waals surface area (Å²) in [5, 5.41) is 8.96. The van der Waals surface area contributed by atoms with Gasteiger partial charge in [0.25, 0.3) is 5.56 Å². The highest BCUT2D eigenvalue weighted by Crippen LogP contribution is 2.00. The molecule has 1 heterocycles. The van der Waals surface area contributed by atoms with Gasteiger partial charge in [0.05, 0.1) is 6.54 Å². The van der Waals surface area contributed by atoms with Crippen molar-refractivity contribution in [2.24, 2.45) is 5.73 Å². The Morgan fingerprint density at radius 2 is 2.42 bits per heavy atom. The van der Waals surface area contributed by atoms with Crippen LogP contribution in [0.25, 0.3) is 0 Å². The van der Waals surface area contributed by atoms with Crippen LogP contribution in [0, 0.1) is 11.8 Å². The highest BCUT2D eigenvalue weighted by Gasteiger charge is 1.94. The van der Waals surface area contributed by atoms with Gasteiger partial charge < -0.3 is 15.8 Å². The molecule has 1 rings (SSSR count). The molecule has 1 aromatic heterocycles. The summed E-state index contributed by atoms with van der Waals surface area (Å²) in [6.45, 7) is 0.250. The Bertz CT molecular complexity index is 384. The average molecular weight is 164 g/mol. The molecule has 12 heavy (non-hydrogen) atoms. The van der Waals surface area contributed by atoms with Gasteiger partial charge in [-0.1, -0.05) is 11.8 Å². The van der Waals surface area contributed by atoms with Gasteiger partial charge in [0, 0.05) is 17.8 Å². The van der Waals surface area contributed by atoms with Crippen LogP contribution in [0.3, 0.4) is 0 Å². The first-order valence-electron chi connectivity index (χ1n) is 3.34. The molecule has 0 saturated carbocycles. The molecule has 1 aromatic rings. The summed E-state index contributed by atoms with van der Waals surface area (Å²) in [6.07, 6.45) is 1.42. The third-order valence-electron chi connectivity index (χ3n) is 1.22. The molecule has 0 aliphatic rings.